The standard InChI is InChI=1S/C12H11NO6S3/c14-20(15)13(21(16,17)11-7-3-1-4-8-11)22(18,19)12-9-5-2-6-10-12/h1-10H,(H,14,15)/p-1. The largest absolute Gasteiger partial charge is 0.758 e. The Labute approximate surface area is 130 Å². The molecule has 0 aliphatic carbocycles. The van der Waals surface area contributed by atoms with Gasteiger partial charge in [-0.05, 0) is 27.4 Å². The Balaban J connectivity index is 2.65. The molecule has 0 bridgehead atoms. The van der Waals surface area contributed by atoms with Gasteiger partial charge < -0.3 is 4.55 Å². The zero-order chi connectivity index (χ0) is 16.4. The first-order valence-corrected chi connectivity index (χ1v) is 9.69. The highest BCUT2D eigenvalue weighted by Crippen LogP contribution is 2.25. The maximum atomic E-state index is 12.3. The summed E-state index contributed by atoms with van der Waals surface area (Å²) in [4.78, 5) is -0.891. The van der Waals surface area contributed by atoms with Gasteiger partial charge in [0, 0.05) is 0 Å². The minimum Gasteiger partial charge on any atom is -0.758 e. The molecule has 0 radical (unpaired) electrons. The summed E-state index contributed by atoms with van der Waals surface area (Å²) < 4.78 is 71.5. The molecule has 2 aromatic carbocycles. The Bertz CT molecular complexity index is 809. The van der Waals surface area contributed by atoms with Crippen molar-refractivity contribution in [2.24, 2.45) is 0 Å². The number of hydrogen-bond acceptors (Lipinski definition) is 6. The maximum Gasteiger partial charge on any atom is 0.267 e. The van der Waals surface area contributed by atoms with Crippen molar-refractivity contribution in [3.8, 4) is 0 Å². The van der Waals surface area contributed by atoms with Gasteiger partial charge in [-0.2, -0.15) is 0 Å². The van der Waals surface area contributed by atoms with Crippen LogP contribution >= 0.6 is 0 Å². The fourth-order valence-corrected chi connectivity index (χ4v) is 6.34. The van der Waals surface area contributed by atoms with E-state index in [4.69, 9.17) is 0 Å². The van der Waals surface area contributed by atoms with Gasteiger partial charge in [0.1, 0.15) is 0 Å². The molecule has 0 aliphatic rings. The molecular formula is C12H10NO6S3-. The Morgan fingerprint density at radius 2 is 1.05 bits per heavy atom. The smallest absolute Gasteiger partial charge is 0.267 e. The van der Waals surface area contributed by atoms with Gasteiger partial charge >= 0.3 is 0 Å². The summed E-state index contributed by atoms with van der Waals surface area (Å²) in [5, 5.41) is 0. The lowest BCUT2D eigenvalue weighted by atomic mass is 10.4. The topological polar surface area (TPSA) is 112 Å². The van der Waals surface area contributed by atoms with Crippen molar-refractivity contribution < 1.29 is 25.6 Å². The normalized spacial score (nSPS) is 13.9. The molecule has 2 rings (SSSR count). The van der Waals surface area contributed by atoms with Crippen LogP contribution in [0.25, 0.3) is 0 Å². The van der Waals surface area contributed by atoms with E-state index in [0.29, 0.717) is 0 Å². The van der Waals surface area contributed by atoms with E-state index in [1.165, 1.54) is 36.4 Å². The third-order valence-corrected chi connectivity index (χ3v) is 8.45. The first-order chi connectivity index (χ1) is 10.3. The van der Waals surface area contributed by atoms with Crippen molar-refractivity contribution in [2.75, 3.05) is 0 Å². The predicted molar refractivity (Wildman–Crippen MR) is 78.0 cm³/mol. The van der Waals surface area contributed by atoms with E-state index in [2.05, 4.69) is 0 Å². The van der Waals surface area contributed by atoms with Gasteiger partial charge in [-0.3, -0.25) is 4.21 Å². The van der Waals surface area contributed by atoms with Crippen molar-refractivity contribution in [1.82, 2.24) is 3.12 Å². The van der Waals surface area contributed by atoms with Crippen LogP contribution in [0.1, 0.15) is 0 Å². The zero-order valence-electron chi connectivity index (χ0n) is 10.9. The van der Waals surface area contributed by atoms with Gasteiger partial charge in [0.2, 0.25) is 0 Å². The highest BCUT2D eigenvalue weighted by Gasteiger charge is 2.37. The van der Waals surface area contributed by atoms with Crippen molar-refractivity contribution in [3.05, 3.63) is 60.7 Å². The van der Waals surface area contributed by atoms with Crippen molar-refractivity contribution in [2.45, 2.75) is 9.79 Å². The minimum absolute atomic E-state index is 0.446. The Hall–Kier alpha value is -1.59. The molecule has 10 heteroatoms. The van der Waals surface area contributed by atoms with Gasteiger partial charge in [-0.1, -0.05) is 36.4 Å². The van der Waals surface area contributed by atoms with Crippen molar-refractivity contribution >= 4 is 31.3 Å². The van der Waals surface area contributed by atoms with Gasteiger partial charge in [0.15, 0.2) is 0 Å². The fourth-order valence-electron chi connectivity index (χ4n) is 1.65. The first-order valence-electron chi connectivity index (χ1n) is 5.78. The first kappa shape index (κ1) is 16.8. The second kappa shape index (κ2) is 6.26. The Morgan fingerprint density at radius 1 is 0.727 bits per heavy atom. The molecule has 0 fully saturated rings. The lowest BCUT2D eigenvalue weighted by Gasteiger charge is -2.23. The van der Waals surface area contributed by atoms with Gasteiger partial charge in [0.05, 0.1) is 21.1 Å². The van der Waals surface area contributed by atoms with Crippen molar-refractivity contribution in [1.29, 1.82) is 0 Å². The molecule has 1 unspecified atom stereocenters. The van der Waals surface area contributed by atoms with Crippen LogP contribution < -0.4 is 0 Å². The van der Waals surface area contributed by atoms with E-state index >= 15 is 0 Å². The Kier molecular flexibility index (Phi) is 4.78. The van der Waals surface area contributed by atoms with Gasteiger partial charge in [-0.15, -0.1) is 0 Å². The zero-order valence-corrected chi connectivity index (χ0v) is 13.3. The van der Waals surface area contributed by atoms with E-state index < -0.39 is 44.2 Å². The maximum absolute atomic E-state index is 12.3. The molecule has 0 N–H and O–H groups in total. The van der Waals surface area contributed by atoms with E-state index in [-0.39, 0.29) is 0 Å². The van der Waals surface area contributed by atoms with Crippen LogP contribution in [0, 0.1) is 0 Å². The molecule has 0 saturated carbocycles. The van der Waals surface area contributed by atoms with Crippen LogP contribution in [0.3, 0.4) is 0 Å². The fraction of sp³-hybridized carbons (Fsp3) is 0. The summed E-state index contributed by atoms with van der Waals surface area (Å²) in [5.41, 5.74) is 0. The molecule has 1 atom stereocenters. The molecule has 2 aromatic rings. The molecule has 22 heavy (non-hydrogen) atoms. The third-order valence-electron chi connectivity index (χ3n) is 2.60. The molecule has 7 nitrogen and oxygen atoms in total. The lowest BCUT2D eigenvalue weighted by molar-refractivity contribution is 0.497. The van der Waals surface area contributed by atoms with Crippen LogP contribution in [-0.2, 0) is 31.3 Å². The van der Waals surface area contributed by atoms with Crippen LogP contribution in [0.15, 0.2) is 70.5 Å². The molecule has 0 heterocycles. The number of rotatable bonds is 5. The van der Waals surface area contributed by atoms with E-state index in [9.17, 15) is 25.6 Å². The third kappa shape index (κ3) is 3.10. The molecule has 0 spiro atoms. The average Bonchev–Trinajstić information content (AvgIpc) is 2.48. The second-order valence-electron chi connectivity index (χ2n) is 4.02. The van der Waals surface area contributed by atoms with Gasteiger partial charge in [0.25, 0.3) is 20.0 Å². The van der Waals surface area contributed by atoms with E-state index in [0.717, 1.165) is 24.3 Å². The highest BCUT2D eigenvalue weighted by atomic mass is 32.3. The number of benzene rings is 2. The molecule has 0 amide bonds. The predicted octanol–water partition coefficient (Wildman–Crippen LogP) is 0.860. The van der Waals surface area contributed by atoms with Gasteiger partial charge in [-0.25, -0.2) is 16.8 Å². The number of sulfonamides is 2. The summed E-state index contributed by atoms with van der Waals surface area (Å²) in [6.45, 7) is 0. The average molecular weight is 360 g/mol. The molecular weight excluding hydrogens is 350 g/mol. The van der Waals surface area contributed by atoms with Crippen LogP contribution in [0.2, 0.25) is 0 Å². The van der Waals surface area contributed by atoms with E-state index in [1.54, 1.807) is 0 Å². The second-order valence-corrected chi connectivity index (χ2v) is 9.08. The monoisotopic (exact) mass is 360 g/mol. The summed E-state index contributed by atoms with van der Waals surface area (Å²) in [6, 6.07) is 12.9. The lowest BCUT2D eigenvalue weighted by Crippen LogP contribution is -2.38. The summed E-state index contributed by atoms with van der Waals surface area (Å²) in [7, 11) is -9.55. The number of nitrogens with zero attached hydrogens (tertiary/aromatic N) is 1. The van der Waals surface area contributed by atoms with Crippen LogP contribution in [0.5, 0.6) is 0 Å². The van der Waals surface area contributed by atoms with Crippen LogP contribution in [0.4, 0.5) is 0 Å². The summed E-state index contributed by atoms with van der Waals surface area (Å²) >= 11 is -3.54. The van der Waals surface area contributed by atoms with Crippen molar-refractivity contribution in [3.63, 3.8) is 0 Å². The SMILES string of the molecule is O=S([O-])N(S(=O)(=O)c1ccccc1)S(=O)(=O)c1ccccc1. The molecule has 0 aromatic heterocycles. The van der Waals surface area contributed by atoms with E-state index in [1.807, 2.05) is 0 Å². The quantitative estimate of drug-likeness (QED) is 0.731. The Morgan fingerprint density at radius 3 is 1.32 bits per heavy atom. The van der Waals surface area contributed by atoms with Crippen LogP contribution in [-0.4, -0.2) is 28.7 Å². The number of hydrogen-bond donors (Lipinski definition) is 0. The molecule has 118 valence electrons. The minimum atomic E-state index is -4.77. The molecule has 0 saturated heterocycles. The summed E-state index contributed by atoms with van der Waals surface area (Å²) in [5.74, 6) is 0. The molecule has 0 aliphatic heterocycles. The summed E-state index contributed by atoms with van der Waals surface area (Å²) in [6.07, 6.45) is 0. The highest BCUT2D eigenvalue weighted by molar-refractivity contribution is 8.14.